The number of halogens is 1. The van der Waals surface area contributed by atoms with Crippen molar-refractivity contribution in [3.8, 4) is 11.5 Å². The molecule has 6 nitrogen and oxygen atoms in total. The molecule has 0 atom stereocenters. The quantitative estimate of drug-likeness (QED) is 0.413. The summed E-state index contributed by atoms with van der Waals surface area (Å²) in [5, 5.41) is 8.52. The minimum absolute atomic E-state index is 0. The van der Waals surface area contributed by atoms with Crippen LogP contribution in [0.4, 0.5) is 0 Å². The van der Waals surface area contributed by atoms with E-state index in [1.54, 1.807) is 19.2 Å². The molecule has 0 heterocycles. The Labute approximate surface area is 179 Å². The van der Waals surface area contributed by atoms with E-state index in [0.29, 0.717) is 19.6 Å². The molecular formula is C21H29ClN2O4S. The zero-order chi connectivity index (χ0) is 20.6. The van der Waals surface area contributed by atoms with Crippen molar-refractivity contribution in [2.24, 2.45) is 5.14 Å². The topological polar surface area (TPSA) is 90.7 Å². The number of allylic oxidation sites excluding steroid dienone is 1. The zero-order valence-electron chi connectivity index (χ0n) is 16.8. The average Bonchev–Trinajstić information content (AvgIpc) is 2.67. The molecule has 0 aliphatic carbocycles. The van der Waals surface area contributed by atoms with E-state index >= 15 is 0 Å². The Balaban J connectivity index is 0.00000420. The summed E-state index contributed by atoms with van der Waals surface area (Å²) in [6, 6.07) is 10.7. The van der Waals surface area contributed by atoms with Crippen molar-refractivity contribution >= 4 is 22.4 Å². The molecular weight excluding hydrogens is 412 g/mol. The van der Waals surface area contributed by atoms with E-state index in [1.807, 2.05) is 19.1 Å². The first-order valence-electron chi connectivity index (χ1n) is 9.15. The minimum atomic E-state index is -3.65. The molecule has 0 aromatic heterocycles. The largest absolute Gasteiger partial charge is 0.493 e. The van der Waals surface area contributed by atoms with Gasteiger partial charge < -0.3 is 14.8 Å². The maximum atomic E-state index is 11.3. The summed E-state index contributed by atoms with van der Waals surface area (Å²) >= 11 is 0. The predicted molar refractivity (Wildman–Crippen MR) is 119 cm³/mol. The third kappa shape index (κ3) is 7.36. The molecule has 0 aliphatic heterocycles. The summed E-state index contributed by atoms with van der Waals surface area (Å²) in [5.41, 5.74) is 3.19. The van der Waals surface area contributed by atoms with Crippen LogP contribution in [0, 0.1) is 0 Å². The van der Waals surface area contributed by atoms with E-state index in [4.69, 9.17) is 14.6 Å². The van der Waals surface area contributed by atoms with Gasteiger partial charge in [0.1, 0.15) is 0 Å². The van der Waals surface area contributed by atoms with E-state index in [0.717, 1.165) is 41.2 Å². The molecule has 8 heteroatoms. The number of hydrogen-bond donors (Lipinski definition) is 2. The van der Waals surface area contributed by atoms with Gasteiger partial charge in [0.2, 0.25) is 10.0 Å². The molecule has 0 bridgehead atoms. The lowest BCUT2D eigenvalue weighted by molar-refractivity contribution is 0.308. The Kier molecular flexibility index (Phi) is 10.2. The van der Waals surface area contributed by atoms with Gasteiger partial charge in [0.25, 0.3) is 0 Å². The molecule has 0 spiro atoms. The first kappa shape index (κ1) is 25.0. The fraction of sp³-hybridized carbons (Fsp3) is 0.333. The minimum Gasteiger partial charge on any atom is -0.493 e. The molecule has 3 N–H and O–H groups in total. The van der Waals surface area contributed by atoms with Crippen LogP contribution in [0.1, 0.15) is 23.6 Å². The number of nitrogens with two attached hydrogens (primary N) is 1. The van der Waals surface area contributed by atoms with Gasteiger partial charge in [-0.1, -0.05) is 24.3 Å². The van der Waals surface area contributed by atoms with Crippen molar-refractivity contribution < 1.29 is 17.9 Å². The molecule has 0 fully saturated rings. The highest BCUT2D eigenvalue weighted by Gasteiger charge is 2.12. The normalized spacial score (nSPS) is 10.9. The highest BCUT2D eigenvalue weighted by molar-refractivity contribution is 7.89. The standard InChI is InChI=1S/C21H28N2O4S.ClH/c1-4-6-18-13-17(14-20(26-3)21(18)27-5-2)15-23-12-11-16-7-9-19(10-8-16)28(22,24)25;/h4,7-10,13-14,23H,1,5-6,11-12,15H2,2-3H3,(H2,22,24,25);1H. The number of benzene rings is 2. The van der Waals surface area contributed by atoms with E-state index < -0.39 is 10.0 Å². The van der Waals surface area contributed by atoms with E-state index in [-0.39, 0.29) is 17.3 Å². The molecule has 0 aliphatic rings. The van der Waals surface area contributed by atoms with Gasteiger partial charge in [0, 0.05) is 12.1 Å². The summed E-state index contributed by atoms with van der Waals surface area (Å²) < 4.78 is 33.8. The third-order valence-corrected chi connectivity index (χ3v) is 5.17. The van der Waals surface area contributed by atoms with Gasteiger partial charge in [0.15, 0.2) is 11.5 Å². The first-order chi connectivity index (χ1) is 13.4. The SMILES string of the molecule is C=CCc1cc(CNCCc2ccc(S(N)(=O)=O)cc2)cc(OC)c1OCC.Cl. The molecule has 2 rings (SSSR count). The number of methoxy groups -OCH3 is 1. The van der Waals surface area contributed by atoms with Gasteiger partial charge in [-0.05, 0) is 55.6 Å². The molecule has 0 saturated carbocycles. The molecule has 2 aromatic rings. The van der Waals surface area contributed by atoms with Crippen LogP contribution < -0.4 is 19.9 Å². The second kappa shape index (κ2) is 11.8. The lowest BCUT2D eigenvalue weighted by Crippen LogP contribution is -2.17. The van der Waals surface area contributed by atoms with Crippen LogP contribution in [0.5, 0.6) is 11.5 Å². The monoisotopic (exact) mass is 440 g/mol. The van der Waals surface area contributed by atoms with E-state index in [2.05, 4.69) is 18.0 Å². The Morgan fingerprint density at radius 3 is 2.41 bits per heavy atom. The molecule has 0 radical (unpaired) electrons. The van der Waals surface area contributed by atoms with Crippen LogP contribution in [-0.4, -0.2) is 28.7 Å². The van der Waals surface area contributed by atoms with Gasteiger partial charge in [-0.15, -0.1) is 19.0 Å². The second-order valence-corrected chi connectivity index (χ2v) is 7.89. The number of ether oxygens (including phenoxy) is 2. The van der Waals surface area contributed by atoms with Crippen molar-refractivity contribution in [3.63, 3.8) is 0 Å². The smallest absolute Gasteiger partial charge is 0.238 e. The fourth-order valence-electron chi connectivity index (χ4n) is 2.90. The van der Waals surface area contributed by atoms with Crippen molar-refractivity contribution in [2.75, 3.05) is 20.3 Å². The second-order valence-electron chi connectivity index (χ2n) is 6.33. The summed E-state index contributed by atoms with van der Waals surface area (Å²) in [6.45, 7) is 7.77. The lowest BCUT2D eigenvalue weighted by atomic mass is 10.1. The molecule has 29 heavy (non-hydrogen) atoms. The van der Waals surface area contributed by atoms with Gasteiger partial charge in [-0.3, -0.25) is 0 Å². The molecule has 0 amide bonds. The van der Waals surface area contributed by atoms with E-state index in [1.165, 1.54) is 12.1 Å². The molecule has 0 saturated heterocycles. The van der Waals surface area contributed by atoms with E-state index in [9.17, 15) is 8.42 Å². The third-order valence-electron chi connectivity index (χ3n) is 4.24. The molecule has 2 aromatic carbocycles. The number of nitrogens with one attached hydrogen (secondary N) is 1. The van der Waals surface area contributed by atoms with Crippen molar-refractivity contribution in [2.45, 2.75) is 31.2 Å². The van der Waals surface area contributed by atoms with Crippen molar-refractivity contribution in [1.82, 2.24) is 5.32 Å². The number of hydrogen-bond acceptors (Lipinski definition) is 5. The van der Waals surface area contributed by atoms with Gasteiger partial charge in [0.05, 0.1) is 18.6 Å². The fourth-order valence-corrected chi connectivity index (χ4v) is 3.42. The van der Waals surface area contributed by atoms with Gasteiger partial charge in [-0.2, -0.15) is 0 Å². The van der Waals surface area contributed by atoms with Crippen LogP contribution in [-0.2, 0) is 29.4 Å². The Morgan fingerprint density at radius 1 is 1.17 bits per heavy atom. The molecule has 160 valence electrons. The Morgan fingerprint density at radius 2 is 1.86 bits per heavy atom. The Bertz CT molecular complexity index is 900. The predicted octanol–water partition coefficient (Wildman–Crippen LogP) is 3.22. The van der Waals surface area contributed by atoms with Crippen LogP contribution in [0.2, 0.25) is 0 Å². The van der Waals surface area contributed by atoms with Crippen molar-refractivity contribution in [3.05, 3.63) is 65.7 Å². The van der Waals surface area contributed by atoms with Gasteiger partial charge in [-0.25, -0.2) is 13.6 Å². The van der Waals surface area contributed by atoms with Crippen molar-refractivity contribution in [1.29, 1.82) is 0 Å². The summed E-state index contributed by atoms with van der Waals surface area (Å²) in [7, 11) is -2.01. The number of rotatable bonds is 11. The Hall–Kier alpha value is -2.06. The summed E-state index contributed by atoms with van der Waals surface area (Å²) in [6.07, 6.45) is 3.33. The highest BCUT2D eigenvalue weighted by atomic mass is 35.5. The van der Waals surface area contributed by atoms with Crippen LogP contribution in [0.3, 0.4) is 0 Å². The van der Waals surface area contributed by atoms with Crippen LogP contribution in [0.15, 0.2) is 53.9 Å². The van der Waals surface area contributed by atoms with Crippen LogP contribution >= 0.6 is 12.4 Å². The summed E-state index contributed by atoms with van der Waals surface area (Å²) in [5.74, 6) is 1.49. The maximum Gasteiger partial charge on any atom is 0.238 e. The van der Waals surface area contributed by atoms with Gasteiger partial charge >= 0.3 is 0 Å². The zero-order valence-corrected chi connectivity index (χ0v) is 18.4. The number of sulfonamides is 1. The average molecular weight is 441 g/mol. The summed E-state index contributed by atoms with van der Waals surface area (Å²) in [4.78, 5) is 0.125. The first-order valence-corrected chi connectivity index (χ1v) is 10.7. The highest BCUT2D eigenvalue weighted by Crippen LogP contribution is 2.33. The van der Waals surface area contributed by atoms with Crippen LogP contribution in [0.25, 0.3) is 0 Å². The lowest BCUT2D eigenvalue weighted by Gasteiger charge is -2.16. The number of primary sulfonamides is 1. The molecule has 0 unspecified atom stereocenters. The maximum absolute atomic E-state index is 11.3.